The van der Waals surface area contributed by atoms with E-state index in [1.165, 1.54) is 16.7 Å². The molecular formula is C15H21N3. The van der Waals surface area contributed by atoms with E-state index >= 15 is 0 Å². The average molecular weight is 243 g/mol. The highest BCUT2D eigenvalue weighted by Crippen LogP contribution is 2.20. The molecule has 0 aliphatic heterocycles. The van der Waals surface area contributed by atoms with Crippen LogP contribution >= 0.6 is 0 Å². The fourth-order valence-corrected chi connectivity index (χ4v) is 2.23. The van der Waals surface area contributed by atoms with Crippen molar-refractivity contribution in [1.82, 2.24) is 9.78 Å². The van der Waals surface area contributed by atoms with Crippen molar-refractivity contribution in [2.24, 2.45) is 5.73 Å². The lowest BCUT2D eigenvalue weighted by Gasteiger charge is -2.14. The Balaban J connectivity index is 2.14. The van der Waals surface area contributed by atoms with Crippen LogP contribution in [-0.4, -0.2) is 16.3 Å². The van der Waals surface area contributed by atoms with Gasteiger partial charge in [0.2, 0.25) is 0 Å². The van der Waals surface area contributed by atoms with Gasteiger partial charge in [0.15, 0.2) is 0 Å². The molecule has 2 rings (SSSR count). The third-order valence-corrected chi connectivity index (χ3v) is 3.29. The highest BCUT2D eigenvalue weighted by atomic mass is 15.3. The Bertz CT molecular complexity index is 502. The summed E-state index contributed by atoms with van der Waals surface area (Å²) in [6.07, 6.45) is 5.01. The summed E-state index contributed by atoms with van der Waals surface area (Å²) >= 11 is 0. The van der Waals surface area contributed by atoms with E-state index in [2.05, 4.69) is 49.4 Å². The quantitative estimate of drug-likeness (QED) is 0.877. The molecule has 0 radical (unpaired) electrons. The molecule has 1 atom stereocenters. The van der Waals surface area contributed by atoms with Crippen LogP contribution in [-0.2, 0) is 13.0 Å². The Hall–Kier alpha value is -1.61. The third-order valence-electron chi connectivity index (χ3n) is 3.29. The van der Waals surface area contributed by atoms with Gasteiger partial charge in [-0.25, -0.2) is 0 Å². The van der Waals surface area contributed by atoms with Gasteiger partial charge in [0.25, 0.3) is 0 Å². The molecule has 1 heterocycles. The molecule has 96 valence electrons. The maximum absolute atomic E-state index is 5.91. The van der Waals surface area contributed by atoms with Crippen molar-refractivity contribution in [3.63, 3.8) is 0 Å². The molecule has 1 aromatic carbocycles. The van der Waals surface area contributed by atoms with Crippen molar-refractivity contribution < 1.29 is 0 Å². The molecule has 3 heteroatoms. The Morgan fingerprint density at radius 1 is 1.39 bits per heavy atom. The number of hydrogen-bond donors (Lipinski definition) is 1. The van der Waals surface area contributed by atoms with E-state index < -0.39 is 0 Å². The molecule has 2 N–H and O–H groups in total. The van der Waals surface area contributed by atoms with E-state index in [9.17, 15) is 0 Å². The van der Waals surface area contributed by atoms with Crippen molar-refractivity contribution in [1.29, 1.82) is 0 Å². The summed E-state index contributed by atoms with van der Waals surface area (Å²) in [6.45, 7) is 5.79. The van der Waals surface area contributed by atoms with Gasteiger partial charge in [0.1, 0.15) is 0 Å². The van der Waals surface area contributed by atoms with Crippen LogP contribution in [0.1, 0.15) is 29.5 Å². The summed E-state index contributed by atoms with van der Waals surface area (Å²) in [5.41, 5.74) is 9.78. The predicted octanol–water partition coefficient (Wildman–Crippen LogP) is 2.50. The molecule has 2 aromatic rings. The first-order chi connectivity index (χ1) is 8.72. The Labute approximate surface area is 109 Å². The smallest absolute Gasteiger partial charge is 0.0521 e. The van der Waals surface area contributed by atoms with Crippen LogP contribution in [0, 0.1) is 6.92 Å². The first-order valence-corrected chi connectivity index (χ1v) is 6.51. The molecule has 0 aliphatic rings. The van der Waals surface area contributed by atoms with Crippen LogP contribution in [0.3, 0.4) is 0 Å². The number of benzene rings is 1. The minimum atomic E-state index is 0.374. The molecule has 0 saturated heterocycles. The Morgan fingerprint density at radius 2 is 2.22 bits per heavy atom. The van der Waals surface area contributed by atoms with Crippen molar-refractivity contribution in [2.75, 3.05) is 6.54 Å². The molecule has 0 spiro atoms. The zero-order chi connectivity index (χ0) is 13.0. The van der Waals surface area contributed by atoms with E-state index in [1.54, 1.807) is 0 Å². The fraction of sp³-hybridized carbons (Fsp3) is 0.400. The lowest BCUT2D eigenvalue weighted by Crippen LogP contribution is -2.15. The van der Waals surface area contributed by atoms with E-state index in [0.29, 0.717) is 12.5 Å². The predicted molar refractivity (Wildman–Crippen MR) is 74.6 cm³/mol. The molecule has 0 amide bonds. The molecule has 18 heavy (non-hydrogen) atoms. The van der Waals surface area contributed by atoms with Crippen molar-refractivity contribution in [2.45, 2.75) is 32.7 Å². The minimum absolute atomic E-state index is 0.374. The summed E-state index contributed by atoms with van der Waals surface area (Å²) < 4.78 is 1.96. The molecule has 1 aromatic heterocycles. The molecule has 1 unspecified atom stereocenters. The van der Waals surface area contributed by atoms with Crippen LogP contribution in [0.15, 0.2) is 36.7 Å². The molecule has 0 bridgehead atoms. The summed E-state index contributed by atoms with van der Waals surface area (Å²) in [7, 11) is 0. The average Bonchev–Trinajstić information content (AvgIpc) is 2.83. The van der Waals surface area contributed by atoms with Gasteiger partial charge in [-0.3, -0.25) is 4.68 Å². The SMILES string of the molecule is CCn1cc(CC(CN)c2cccc(C)c2)cn1. The summed E-state index contributed by atoms with van der Waals surface area (Å²) in [5, 5.41) is 4.31. The summed E-state index contributed by atoms with van der Waals surface area (Å²) in [6, 6.07) is 8.60. The summed E-state index contributed by atoms with van der Waals surface area (Å²) in [4.78, 5) is 0. The Kier molecular flexibility index (Phi) is 4.15. The van der Waals surface area contributed by atoms with Crippen LogP contribution in [0.2, 0.25) is 0 Å². The third kappa shape index (κ3) is 2.99. The van der Waals surface area contributed by atoms with E-state index in [-0.39, 0.29) is 0 Å². The number of nitrogens with zero attached hydrogens (tertiary/aromatic N) is 2. The molecule has 0 saturated carbocycles. The maximum atomic E-state index is 5.91. The lowest BCUT2D eigenvalue weighted by atomic mass is 9.92. The molecule has 3 nitrogen and oxygen atoms in total. The van der Waals surface area contributed by atoms with Gasteiger partial charge in [-0.05, 0) is 37.9 Å². The van der Waals surface area contributed by atoms with Crippen molar-refractivity contribution in [3.8, 4) is 0 Å². The van der Waals surface area contributed by atoms with Crippen molar-refractivity contribution in [3.05, 3.63) is 53.3 Å². The fourth-order valence-electron chi connectivity index (χ4n) is 2.23. The van der Waals surface area contributed by atoms with E-state index in [4.69, 9.17) is 5.73 Å². The first kappa shape index (κ1) is 12.8. The second-order valence-electron chi connectivity index (χ2n) is 4.76. The largest absolute Gasteiger partial charge is 0.330 e. The normalized spacial score (nSPS) is 12.6. The van der Waals surface area contributed by atoms with Gasteiger partial charge in [-0.2, -0.15) is 5.10 Å². The second-order valence-corrected chi connectivity index (χ2v) is 4.76. The molecule has 0 fully saturated rings. The van der Waals surface area contributed by atoms with E-state index in [0.717, 1.165) is 13.0 Å². The monoisotopic (exact) mass is 243 g/mol. The number of hydrogen-bond acceptors (Lipinski definition) is 2. The van der Waals surface area contributed by atoms with Gasteiger partial charge in [-0.15, -0.1) is 0 Å². The van der Waals surface area contributed by atoms with Gasteiger partial charge >= 0.3 is 0 Å². The van der Waals surface area contributed by atoms with Crippen molar-refractivity contribution >= 4 is 0 Å². The standard InChI is InChI=1S/C15H21N3/c1-3-18-11-13(10-17-18)8-15(9-16)14-6-4-5-12(2)7-14/h4-7,10-11,15H,3,8-9,16H2,1-2H3. The highest BCUT2D eigenvalue weighted by molar-refractivity contribution is 5.27. The topological polar surface area (TPSA) is 43.8 Å². The first-order valence-electron chi connectivity index (χ1n) is 6.51. The number of rotatable bonds is 5. The maximum Gasteiger partial charge on any atom is 0.0521 e. The number of aryl methyl sites for hydroxylation is 2. The van der Waals surface area contributed by atoms with Crippen LogP contribution in [0.25, 0.3) is 0 Å². The minimum Gasteiger partial charge on any atom is -0.330 e. The van der Waals surface area contributed by atoms with Crippen LogP contribution in [0.5, 0.6) is 0 Å². The van der Waals surface area contributed by atoms with Gasteiger partial charge in [0, 0.05) is 18.7 Å². The second kappa shape index (κ2) is 5.83. The van der Waals surface area contributed by atoms with Gasteiger partial charge < -0.3 is 5.73 Å². The zero-order valence-electron chi connectivity index (χ0n) is 11.1. The van der Waals surface area contributed by atoms with Crippen LogP contribution in [0.4, 0.5) is 0 Å². The molecule has 0 aliphatic carbocycles. The van der Waals surface area contributed by atoms with Crippen LogP contribution < -0.4 is 5.73 Å². The zero-order valence-corrected chi connectivity index (χ0v) is 11.1. The van der Waals surface area contributed by atoms with Gasteiger partial charge in [0.05, 0.1) is 6.20 Å². The lowest BCUT2D eigenvalue weighted by molar-refractivity contribution is 0.656. The van der Waals surface area contributed by atoms with Gasteiger partial charge in [-0.1, -0.05) is 29.8 Å². The number of nitrogens with two attached hydrogens (primary N) is 1. The van der Waals surface area contributed by atoms with E-state index in [1.807, 2.05) is 10.9 Å². The highest BCUT2D eigenvalue weighted by Gasteiger charge is 2.11. The summed E-state index contributed by atoms with van der Waals surface area (Å²) in [5.74, 6) is 0.374. The molecular weight excluding hydrogens is 222 g/mol. The Morgan fingerprint density at radius 3 is 2.83 bits per heavy atom. The number of aromatic nitrogens is 2.